The average Bonchev–Trinajstić information content (AvgIpc) is 2.63. The molecule has 0 aromatic rings. The lowest BCUT2D eigenvalue weighted by Gasteiger charge is -2.10. The minimum atomic E-state index is 0.0726. The van der Waals surface area contributed by atoms with Crippen LogP contribution in [0.4, 0.5) is 0 Å². The molecule has 1 fully saturated rings. The summed E-state index contributed by atoms with van der Waals surface area (Å²) < 4.78 is 11.3. The van der Waals surface area contributed by atoms with Crippen LogP contribution in [-0.2, 0) is 9.47 Å². The molecule has 2 heteroatoms. The minimum Gasteiger partial charge on any atom is -0.350 e. The van der Waals surface area contributed by atoms with Gasteiger partial charge in [-0.05, 0) is 19.3 Å². The van der Waals surface area contributed by atoms with E-state index in [-0.39, 0.29) is 6.29 Å². The molecule has 1 radical (unpaired) electrons. The SMILES string of the molecule is [CH2]CCCCC1OCC(CCCC)O1. The summed E-state index contributed by atoms with van der Waals surface area (Å²) >= 11 is 0. The Kier molecular flexibility index (Phi) is 6.20. The highest BCUT2D eigenvalue weighted by Crippen LogP contribution is 2.20. The predicted molar refractivity (Wildman–Crippen MR) is 58.0 cm³/mol. The molecule has 2 atom stereocenters. The summed E-state index contributed by atoms with van der Waals surface area (Å²) in [6.45, 7) is 6.83. The van der Waals surface area contributed by atoms with Gasteiger partial charge in [-0.25, -0.2) is 0 Å². The molecule has 1 saturated heterocycles. The highest BCUT2D eigenvalue weighted by Gasteiger charge is 2.24. The second-order valence-corrected chi connectivity index (χ2v) is 4.01. The molecule has 0 N–H and O–H groups in total. The predicted octanol–water partition coefficient (Wildman–Crippen LogP) is 3.31. The van der Waals surface area contributed by atoms with Crippen molar-refractivity contribution in [1.82, 2.24) is 0 Å². The van der Waals surface area contributed by atoms with Gasteiger partial charge in [-0.15, -0.1) is 0 Å². The van der Waals surface area contributed by atoms with Crippen molar-refractivity contribution in [2.75, 3.05) is 6.61 Å². The zero-order chi connectivity index (χ0) is 10.2. The van der Waals surface area contributed by atoms with Gasteiger partial charge >= 0.3 is 0 Å². The molecule has 0 aromatic carbocycles. The molecule has 83 valence electrons. The molecule has 1 aliphatic rings. The first-order chi connectivity index (χ1) is 6.86. The van der Waals surface area contributed by atoms with Crippen LogP contribution in [-0.4, -0.2) is 19.0 Å². The van der Waals surface area contributed by atoms with Crippen molar-refractivity contribution in [3.05, 3.63) is 6.92 Å². The molecule has 2 nitrogen and oxygen atoms in total. The molecule has 0 amide bonds. The van der Waals surface area contributed by atoms with Crippen LogP contribution in [0.15, 0.2) is 0 Å². The van der Waals surface area contributed by atoms with Gasteiger partial charge in [0.2, 0.25) is 0 Å². The number of hydrogen-bond acceptors (Lipinski definition) is 2. The van der Waals surface area contributed by atoms with Crippen LogP contribution in [0.25, 0.3) is 0 Å². The Morgan fingerprint density at radius 2 is 2.07 bits per heavy atom. The van der Waals surface area contributed by atoms with E-state index in [9.17, 15) is 0 Å². The van der Waals surface area contributed by atoms with Crippen LogP contribution in [0.3, 0.4) is 0 Å². The quantitative estimate of drug-likeness (QED) is 0.586. The molecule has 1 aliphatic heterocycles. The second-order valence-electron chi connectivity index (χ2n) is 4.01. The lowest BCUT2D eigenvalue weighted by atomic mass is 10.2. The topological polar surface area (TPSA) is 18.5 Å². The number of ether oxygens (including phenoxy) is 2. The van der Waals surface area contributed by atoms with E-state index in [1.54, 1.807) is 0 Å². The van der Waals surface area contributed by atoms with Crippen LogP contribution in [0.5, 0.6) is 0 Å². The first-order valence-corrected chi connectivity index (χ1v) is 5.93. The largest absolute Gasteiger partial charge is 0.350 e. The molecule has 1 rings (SSSR count). The maximum atomic E-state index is 5.77. The maximum Gasteiger partial charge on any atom is 0.158 e. The summed E-state index contributed by atoms with van der Waals surface area (Å²) in [5.41, 5.74) is 0. The Bertz CT molecular complexity index is 136. The fourth-order valence-corrected chi connectivity index (χ4v) is 1.73. The van der Waals surface area contributed by atoms with Gasteiger partial charge in [-0.1, -0.05) is 39.5 Å². The van der Waals surface area contributed by atoms with Crippen molar-refractivity contribution in [2.45, 2.75) is 64.3 Å². The summed E-state index contributed by atoms with van der Waals surface area (Å²) in [6.07, 6.45) is 8.50. The zero-order valence-electron chi connectivity index (χ0n) is 9.34. The first kappa shape index (κ1) is 12.0. The van der Waals surface area contributed by atoms with Gasteiger partial charge in [-0.2, -0.15) is 0 Å². The van der Waals surface area contributed by atoms with Crippen molar-refractivity contribution >= 4 is 0 Å². The van der Waals surface area contributed by atoms with Gasteiger partial charge in [0, 0.05) is 0 Å². The van der Waals surface area contributed by atoms with E-state index in [1.165, 1.54) is 25.7 Å². The van der Waals surface area contributed by atoms with Crippen LogP contribution in [0.2, 0.25) is 0 Å². The van der Waals surface area contributed by atoms with Gasteiger partial charge < -0.3 is 9.47 Å². The van der Waals surface area contributed by atoms with Crippen molar-refractivity contribution in [3.8, 4) is 0 Å². The van der Waals surface area contributed by atoms with Gasteiger partial charge in [-0.3, -0.25) is 0 Å². The van der Waals surface area contributed by atoms with E-state index in [2.05, 4.69) is 13.8 Å². The Labute approximate surface area is 88.0 Å². The van der Waals surface area contributed by atoms with Gasteiger partial charge in [0.15, 0.2) is 6.29 Å². The number of unbranched alkanes of at least 4 members (excludes halogenated alkanes) is 3. The average molecular weight is 199 g/mol. The summed E-state index contributed by atoms with van der Waals surface area (Å²) in [5, 5.41) is 0. The van der Waals surface area contributed by atoms with Crippen molar-refractivity contribution in [3.63, 3.8) is 0 Å². The van der Waals surface area contributed by atoms with E-state index >= 15 is 0 Å². The van der Waals surface area contributed by atoms with Gasteiger partial charge in [0.05, 0.1) is 12.7 Å². The fourth-order valence-electron chi connectivity index (χ4n) is 1.73. The molecule has 0 saturated carbocycles. The molecule has 1 heterocycles. The molecule has 0 spiro atoms. The smallest absolute Gasteiger partial charge is 0.158 e. The summed E-state index contributed by atoms with van der Waals surface area (Å²) in [7, 11) is 0. The fraction of sp³-hybridized carbons (Fsp3) is 0.917. The van der Waals surface area contributed by atoms with E-state index in [0.29, 0.717) is 6.10 Å². The van der Waals surface area contributed by atoms with E-state index in [0.717, 1.165) is 25.9 Å². The van der Waals surface area contributed by atoms with Gasteiger partial charge in [0.25, 0.3) is 0 Å². The van der Waals surface area contributed by atoms with Crippen LogP contribution in [0.1, 0.15) is 51.9 Å². The monoisotopic (exact) mass is 199 g/mol. The van der Waals surface area contributed by atoms with Crippen molar-refractivity contribution in [1.29, 1.82) is 0 Å². The number of rotatable bonds is 7. The zero-order valence-corrected chi connectivity index (χ0v) is 9.34. The molecular formula is C12H23O2. The Hall–Kier alpha value is -0.0800. The minimum absolute atomic E-state index is 0.0726. The van der Waals surface area contributed by atoms with E-state index in [4.69, 9.17) is 9.47 Å². The third-order valence-electron chi connectivity index (χ3n) is 2.63. The molecule has 0 aromatic heterocycles. The molecule has 14 heavy (non-hydrogen) atoms. The summed E-state index contributed by atoms with van der Waals surface area (Å²) in [6, 6.07) is 0. The third kappa shape index (κ3) is 4.43. The molecule has 0 aliphatic carbocycles. The Morgan fingerprint density at radius 3 is 2.79 bits per heavy atom. The third-order valence-corrected chi connectivity index (χ3v) is 2.63. The molecule has 0 bridgehead atoms. The van der Waals surface area contributed by atoms with E-state index < -0.39 is 0 Å². The summed E-state index contributed by atoms with van der Waals surface area (Å²) in [4.78, 5) is 0. The molecule has 2 unspecified atom stereocenters. The standard InChI is InChI=1S/C12H23O2/c1-3-5-7-9-12-13-10-11(14-12)8-6-4-2/h11-12H,1,3-10H2,2H3. The van der Waals surface area contributed by atoms with Crippen molar-refractivity contribution in [2.24, 2.45) is 0 Å². The van der Waals surface area contributed by atoms with Gasteiger partial charge in [0.1, 0.15) is 0 Å². The number of hydrogen-bond donors (Lipinski definition) is 0. The van der Waals surface area contributed by atoms with Crippen molar-refractivity contribution < 1.29 is 9.47 Å². The summed E-state index contributed by atoms with van der Waals surface area (Å²) in [5.74, 6) is 0. The lowest BCUT2D eigenvalue weighted by Crippen LogP contribution is -2.12. The van der Waals surface area contributed by atoms with Crippen LogP contribution >= 0.6 is 0 Å². The first-order valence-electron chi connectivity index (χ1n) is 5.93. The highest BCUT2D eigenvalue weighted by atomic mass is 16.7. The molecular weight excluding hydrogens is 176 g/mol. The van der Waals surface area contributed by atoms with Crippen LogP contribution in [0, 0.1) is 6.92 Å². The Morgan fingerprint density at radius 1 is 1.21 bits per heavy atom. The van der Waals surface area contributed by atoms with E-state index in [1.807, 2.05) is 0 Å². The second kappa shape index (κ2) is 7.24. The van der Waals surface area contributed by atoms with Crippen LogP contribution < -0.4 is 0 Å². The normalized spacial score (nSPS) is 27.0. The maximum absolute atomic E-state index is 5.77. The highest BCUT2D eigenvalue weighted by molar-refractivity contribution is 4.65. The Balaban J connectivity index is 2.02. The lowest BCUT2D eigenvalue weighted by molar-refractivity contribution is -0.0642.